The minimum atomic E-state index is -0.412. The van der Waals surface area contributed by atoms with Gasteiger partial charge in [0.05, 0.1) is 0 Å². The molecule has 0 saturated heterocycles. The van der Waals surface area contributed by atoms with Crippen LogP contribution in [0.1, 0.15) is 10.4 Å². The molecule has 6 heteroatoms. The summed E-state index contributed by atoms with van der Waals surface area (Å²) in [6, 6.07) is 12.1. The fraction of sp³-hybridized carbons (Fsp3) is 0. The molecule has 0 radical (unpaired) electrons. The van der Waals surface area contributed by atoms with Crippen LogP contribution in [0.2, 0.25) is 5.02 Å². The molecule has 20 heavy (non-hydrogen) atoms. The molecule has 3 nitrogen and oxygen atoms in total. The molecule has 0 aliphatic carbocycles. The highest BCUT2D eigenvalue weighted by molar-refractivity contribution is 7.80. The molecular formula is C14H10ClFN2OS. The zero-order valence-corrected chi connectivity index (χ0v) is 11.8. The number of hydrogen-bond donors (Lipinski definition) is 2. The Morgan fingerprint density at radius 1 is 1.15 bits per heavy atom. The Balaban J connectivity index is 1.97. The summed E-state index contributed by atoms with van der Waals surface area (Å²) in [5.74, 6) is -0.814. The predicted octanol–water partition coefficient (Wildman–Crippen LogP) is 3.61. The van der Waals surface area contributed by atoms with Crippen molar-refractivity contribution in [1.29, 1.82) is 0 Å². The predicted molar refractivity (Wildman–Crippen MR) is 81.5 cm³/mol. The van der Waals surface area contributed by atoms with Crippen LogP contribution in [0.25, 0.3) is 0 Å². The number of nitrogens with one attached hydrogen (secondary N) is 2. The Morgan fingerprint density at radius 2 is 1.85 bits per heavy atom. The van der Waals surface area contributed by atoms with Gasteiger partial charge in [0, 0.05) is 16.3 Å². The van der Waals surface area contributed by atoms with E-state index in [1.165, 1.54) is 24.3 Å². The van der Waals surface area contributed by atoms with E-state index in [9.17, 15) is 9.18 Å². The summed E-state index contributed by atoms with van der Waals surface area (Å²) in [5, 5.41) is 6.03. The van der Waals surface area contributed by atoms with Gasteiger partial charge in [0.2, 0.25) is 0 Å². The maximum atomic E-state index is 12.8. The van der Waals surface area contributed by atoms with Crippen LogP contribution < -0.4 is 10.6 Å². The Kier molecular flexibility index (Phi) is 4.65. The van der Waals surface area contributed by atoms with Gasteiger partial charge in [-0.15, -0.1) is 0 Å². The van der Waals surface area contributed by atoms with E-state index in [4.69, 9.17) is 23.8 Å². The van der Waals surface area contributed by atoms with Crippen LogP contribution in [0, 0.1) is 5.82 Å². The lowest BCUT2D eigenvalue weighted by Crippen LogP contribution is -2.34. The number of halogens is 2. The number of benzene rings is 2. The standard InChI is InChI=1S/C14H10ClFN2OS/c15-10-2-1-3-12(8-10)17-14(20)18-13(19)9-4-6-11(16)7-5-9/h1-8H,(H2,17,18,19,20). The van der Waals surface area contributed by atoms with Gasteiger partial charge in [-0.25, -0.2) is 4.39 Å². The molecule has 0 atom stereocenters. The molecule has 2 rings (SSSR count). The summed E-state index contributed by atoms with van der Waals surface area (Å²) in [6.45, 7) is 0. The van der Waals surface area contributed by atoms with Gasteiger partial charge in [0.15, 0.2) is 5.11 Å². The average Bonchev–Trinajstić information content (AvgIpc) is 2.39. The van der Waals surface area contributed by atoms with E-state index in [2.05, 4.69) is 10.6 Å². The van der Waals surface area contributed by atoms with Gasteiger partial charge in [0.25, 0.3) is 5.91 Å². The second kappa shape index (κ2) is 6.45. The van der Waals surface area contributed by atoms with Gasteiger partial charge >= 0.3 is 0 Å². The Hall–Kier alpha value is -1.98. The second-order valence-electron chi connectivity index (χ2n) is 3.93. The molecule has 0 unspecified atom stereocenters. The minimum absolute atomic E-state index is 0.140. The van der Waals surface area contributed by atoms with Crippen molar-refractivity contribution in [2.75, 3.05) is 5.32 Å². The summed E-state index contributed by atoms with van der Waals surface area (Å²) in [7, 11) is 0. The average molecular weight is 309 g/mol. The molecule has 0 spiro atoms. The smallest absolute Gasteiger partial charge is 0.257 e. The molecule has 1 amide bonds. The summed E-state index contributed by atoms with van der Waals surface area (Å²) >= 11 is 10.9. The number of thiocarbonyl (C=S) groups is 1. The van der Waals surface area contributed by atoms with E-state index in [0.29, 0.717) is 16.3 Å². The maximum absolute atomic E-state index is 12.8. The summed E-state index contributed by atoms with van der Waals surface area (Å²) in [5.41, 5.74) is 0.989. The van der Waals surface area contributed by atoms with Crippen molar-refractivity contribution in [3.8, 4) is 0 Å². The molecule has 0 aliphatic heterocycles. The lowest BCUT2D eigenvalue weighted by atomic mass is 10.2. The molecule has 2 aromatic rings. The topological polar surface area (TPSA) is 41.1 Å². The van der Waals surface area contributed by atoms with Crippen molar-refractivity contribution < 1.29 is 9.18 Å². The SMILES string of the molecule is O=C(NC(=S)Nc1cccc(Cl)c1)c1ccc(F)cc1. The number of carbonyl (C=O) groups excluding carboxylic acids is 1. The number of anilines is 1. The van der Waals surface area contributed by atoms with Gasteiger partial charge in [-0.2, -0.15) is 0 Å². The lowest BCUT2D eigenvalue weighted by molar-refractivity contribution is 0.0977. The maximum Gasteiger partial charge on any atom is 0.257 e. The van der Waals surface area contributed by atoms with Crippen molar-refractivity contribution in [1.82, 2.24) is 5.32 Å². The number of rotatable bonds is 2. The third-order valence-electron chi connectivity index (χ3n) is 2.42. The third-order valence-corrected chi connectivity index (χ3v) is 2.86. The van der Waals surface area contributed by atoms with Crippen molar-refractivity contribution in [3.63, 3.8) is 0 Å². The van der Waals surface area contributed by atoms with Gasteiger partial charge in [-0.3, -0.25) is 10.1 Å². The molecule has 0 heterocycles. The fourth-order valence-corrected chi connectivity index (χ4v) is 1.91. The number of carbonyl (C=O) groups is 1. The number of hydrogen-bond acceptors (Lipinski definition) is 2. The molecule has 0 aliphatic rings. The van der Waals surface area contributed by atoms with E-state index in [-0.39, 0.29) is 5.11 Å². The molecule has 2 aromatic carbocycles. The molecule has 2 N–H and O–H groups in total. The lowest BCUT2D eigenvalue weighted by Gasteiger charge is -2.09. The first-order valence-electron chi connectivity index (χ1n) is 5.68. The summed E-state index contributed by atoms with van der Waals surface area (Å²) < 4.78 is 12.8. The monoisotopic (exact) mass is 308 g/mol. The van der Waals surface area contributed by atoms with Crippen molar-refractivity contribution in [3.05, 3.63) is 64.9 Å². The van der Waals surface area contributed by atoms with Crippen LogP contribution in [-0.4, -0.2) is 11.0 Å². The first-order chi connectivity index (χ1) is 9.54. The molecule has 0 bridgehead atoms. The van der Waals surface area contributed by atoms with E-state index in [1.54, 1.807) is 24.3 Å². The van der Waals surface area contributed by atoms with Gasteiger partial charge in [-0.1, -0.05) is 17.7 Å². The van der Waals surface area contributed by atoms with Crippen LogP contribution >= 0.6 is 23.8 Å². The fourth-order valence-electron chi connectivity index (χ4n) is 1.51. The first-order valence-corrected chi connectivity index (χ1v) is 6.47. The largest absolute Gasteiger partial charge is 0.332 e. The Morgan fingerprint density at radius 3 is 2.50 bits per heavy atom. The van der Waals surface area contributed by atoms with Gasteiger partial charge in [0.1, 0.15) is 5.82 Å². The molecule has 102 valence electrons. The Labute approximate surface area is 125 Å². The zero-order chi connectivity index (χ0) is 14.5. The van der Waals surface area contributed by atoms with Crippen LogP contribution in [0.15, 0.2) is 48.5 Å². The highest BCUT2D eigenvalue weighted by Gasteiger charge is 2.08. The zero-order valence-electron chi connectivity index (χ0n) is 10.2. The molecular weight excluding hydrogens is 299 g/mol. The number of amides is 1. The van der Waals surface area contributed by atoms with Crippen LogP contribution in [0.5, 0.6) is 0 Å². The van der Waals surface area contributed by atoms with Crippen molar-refractivity contribution in [2.45, 2.75) is 0 Å². The third kappa shape index (κ3) is 4.01. The summed E-state index contributed by atoms with van der Waals surface area (Å²) in [4.78, 5) is 11.8. The highest BCUT2D eigenvalue weighted by Crippen LogP contribution is 2.14. The van der Waals surface area contributed by atoms with E-state index in [1.807, 2.05) is 0 Å². The molecule has 0 fully saturated rings. The van der Waals surface area contributed by atoms with Crippen LogP contribution in [0.3, 0.4) is 0 Å². The van der Waals surface area contributed by atoms with E-state index < -0.39 is 11.7 Å². The first kappa shape index (κ1) is 14.4. The Bertz CT molecular complexity index is 646. The van der Waals surface area contributed by atoms with Gasteiger partial charge < -0.3 is 5.32 Å². The van der Waals surface area contributed by atoms with Crippen LogP contribution in [0.4, 0.5) is 10.1 Å². The molecule has 0 aromatic heterocycles. The summed E-state index contributed by atoms with van der Waals surface area (Å²) in [6.07, 6.45) is 0. The second-order valence-corrected chi connectivity index (χ2v) is 4.77. The molecule has 0 saturated carbocycles. The van der Waals surface area contributed by atoms with Gasteiger partial charge in [-0.05, 0) is 54.7 Å². The van der Waals surface area contributed by atoms with E-state index in [0.717, 1.165) is 0 Å². The van der Waals surface area contributed by atoms with Crippen LogP contribution in [-0.2, 0) is 0 Å². The minimum Gasteiger partial charge on any atom is -0.332 e. The van der Waals surface area contributed by atoms with Crippen molar-refractivity contribution in [2.24, 2.45) is 0 Å². The highest BCUT2D eigenvalue weighted by atomic mass is 35.5. The quantitative estimate of drug-likeness (QED) is 0.833. The normalized spacial score (nSPS) is 9.90. The van der Waals surface area contributed by atoms with Crippen molar-refractivity contribution >= 4 is 40.5 Å². The van der Waals surface area contributed by atoms with E-state index >= 15 is 0 Å².